The standard InChI is InChI=1S/C18H27ClN4O/c1-23(2)17(24)13-21-18(22-16-5-3-4-6-16)20-12-11-14-7-9-15(19)10-8-14/h7-10,16H,3-6,11-13H2,1-2H3,(H2,20,21,22). The maximum absolute atomic E-state index is 11.8. The van der Waals surface area contributed by atoms with Gasteiger partial charge in [0.2, 0.25) is 5.91 Å². The first kappa shape index (κ1) is 18.6. The summed E-state index contributed by atoms with van der Waals surface area (Å²) in [6.07, 6.45) is 5.72. The van der Waals surface area contributed by atoms with Gasteiger partial charge >= 0.3 is 0 Å². The molecule has 1 aromatic rings. The fraction of sp³-hybridized carbons (Fsp3) is 0.556. The van der Waals surface area contributed by atoms with Gasteiger partial charge in [-0.2, -0.15) is 0 Å². The third kappa shape index (κ3) is 6.40. The van der Waals surface area contributed by atoms with Gasteiger partial charge in [0.25, 0.3) is 0 Å². The quantitative estimate of drug-likeness (QED) is 0.612. The minimum Gasteiger partial charge on any atom is -0.356 e. The van der Waals surface area contributed by atoms with Crippen LogP contribution in [0, 0.1) is 0 Å². The van der Waals surface area contributed by atoms with Gasteiger partial charge in [-0.15, -0.1) is 0 Å². The van der Waals surface area contributed by atoms with Gasteiger partial charge in [0.05, 0.1) is 0 Å². The van der Waals surface area contributed by atoms with Crippen LogP contribution in [0.5, 0.6) is 0 Å². The van der Waals surface area contributed by atoms with Crippen molar-refractivity contribution in [3.63, 3.8) is 0 Å². The van der Waals surface area contributed by atoms with Crippen LogP contribution in [0.2, 0.25) is 5.02 Å². The molecule has 1 amide bonds. The Hall–Kier alpha value is -1.75. The van der Waals surface area contributed by atoms with Gasteiger partial charge < -0.3 is 15.5 Å². The Morgan fingerprint density at radius 1 is 1.25 bits per heavy atom. The van der Waals surface area contributed by atoms with Crippen molar-refractivity contribution in [3.8, 4) is 0 Å². The molecule has 1 fully saturated rings. The van der Waals surface area contributed by atoms with E-state index in [2.05, 4.69) is 15.6 Å². The van der Waals surface area contributed by atoms with Crippen molar-refractivity contribution in [2.24, 2.45) is 4.99 Å². The lowest BCUT2D eigenvalue weighted by Gasteiger charge is -2.18. The number of benzene rings is 1. The molecule has 1 saturated carbocycles. The molecular formula is C18H27ClN4O. The SMILES string of the molecule is CN(C)C(=O)CN=C(NCCc1ccc(Cl)cc1)NC1CCCC1. The lowest BCUT2D eigenvalue weighted by Crippen LogP contribution is -2.43. The van der Waals surface area contributed by atoms with E-state index >= 15 is 0 Å². The van der Waals surface area contributed by atoms with Gasteiger partial charge in [0.1, 0.15) is 6.54 Å². The highest BCUT2D eigenvalue weighted by atomic mass is 35.5. The van der Waals surface area contributed by atoms with Crippen LogP contribution in [-0.4, -0.2) is 50.0 Å². The van der Waals surface area contributed by atoms with Crippen LogP contribution < -0.4 is 10.6 Å². The summed E-state index contributed by atoms with van der Waals surface area (Å²) in [6.45, 7) is 0.923. The minimum atomic E-state index is 0.000207. The first-order valence-corrected chi connectivity index (χ1v) is 8.92. The third-order valence-electron chi connectivity index (χ3n) is 4.19. The first-order chi connectivity index (χ1) is 11.5. The second kappa shape index (κ2) is 9.52. The van der Waals surface area contributed by atoms with Crippen molar-refractivity contribution in [2.75, 3.05) is 27.2 Å². The van der Waals surface area contributed by atoms with E-state index in [1.165, 1.54) is 31.2 Å². The van der Waals surface area contributed by atoms with Crippen molar-refractivity contribution in [3.05, 3.63) is 34.9 Å². The summed E-state index contributed by atoms with van der Waals surface area (Å²) in [6, 6.07) is 8.32. The molecule has 0 bridgehead atoms. The van der Waals surface area contributed by atoms with E-state index in [1.54, 1.807) is 19.0 Å². The number of rotatable bonds is 6. The summed E-state index contributed by atoms with van der Waals surface area (Å²) in [5.41, 5.74) is 1.22. The molecule has 2 N–H and O–H groups in total. The number of hydrogen-bond acceptors (Lipinski definition) is 2. The van der Waals surface area contributed by atoms with E-state index in [0.717, 1.165) is 23.9 Å². The molecule has 5 nitrogen and oxygen atoms in total. The maximum atomic E-state index is 11.8. The second-order valence-corrected chi connectivity index (χ2v) is 6.82. The van der Waals surface area contributed by atoms with Gasteiger partial charge in [-0.3, -0.25) is 4.79 Å². The van der Waals surface area contributed by atoms with Gasteiger partial charge in [-0.1, -0.05) is 36.6 Å². The van der Waals surface area contributed by atoms with E-state index < -0.39 is 0 Å². The van der Waals surface area contributed by atoms with E-state index in [0.29, 0.717) is 6.04 Å². The van der Waals surface area contributed by atoms with Gasteiger partial charge in [0, 0.05) is 31.7 Å². The highest BCUT2D eigenvalue weighted by Crippen LogP contribution is 2.17. The molecule has 6 heteroatoms. The number of nitrogens with zero attached hydrogens (tertiary/aromatic N) is 2. The number of halogens is 1. The molecule has 1 aromatic carbocycles. The molecule has 0 unspecified atom stereocenters. The zero-order chi connectivity index (χ0) is 17.4. The molecule has 1 aliphatic carbocycles. The fourth-order valence-corrected chi connectivity index (χ4v) is 2.81. The van der Waals surface area contributed by atoms with Crippen LogP contribution in [0.25, 0.3) is 0 Å². The molecule has 0 heterocycles. The van der Waals surface area contributed by atoms with Gasteiger partial charge in [-0.25, -0.2) is 4.99 Å². The number of carbonyl (C=O) groups is 1. The van der Waals surface area contributed by atoms with Crippen LogP contribution in [-0.2, 0) is 11.2 Å². The van der Waals surface area contributed by atoms with E-state index in [9.17, 15) is 4.79 Å². The number of nitrogens with one attached hydrogen (secondary N) is 2. The number of aliphatic imine (C=N–C) groups is 1. The predicted octanol–water partition coefficient (Wildman–Crippen LogP) is 2.45. The molecule has 0 spiro atoms. The van der Waals surface area contributed by atoms with Crippen LogP contribution >= 0.6 is 11.6 Å². The molecule has 0 aromatic heterocycles. The number of hydrogen-bond donors (Lipinski definition) is 2. The average Bonchev–Trinajstić information content (AvgIpc) is 3.06. The fourth-order valence-electron chi connectivity index (χ4n) is 2.68. The van der Waals surface area contributed by atoms with Crippen LogP contribution in [0.1, 0.15) is 31.2 Å². The van der Waals surface area contributed by atoms with Crippen molar-refractivity contribution < 1.29 is 4.79 Å². The zero-order valence-corrected chi connectivity index (χ0v) is 15.3. The molecule has 24 heavy (non-hydrogen) atoms. The molecule has 1 aliphatic rings. The molecule has 132 valence electrons. The molecule has 0 aliphatic heterocycles. The molecule has 0 atom stereocenters. The second-order valence-electron chi connectivity index (χ2n) is 6.38. The Kier molecular flexibility index (Phi) is 7.37. The van der Waals surface area contributed by atoms with Crippen LogP contribution in [0.15, 0.2) is 29.3 Å². The van der Waals surface area contributed by atoms with E-state index in [-0.39, 0.29) is 12.5 Å². The molecule has 0 saturated heterocycles. The first-order valence-electron chi connectivity index (χ1n) is 8.54. The summed E-state index contributed by atoms with van der Waals surface area (Å²) in [5.74, 6) is 0.728. The Morgan fingerprint density at radius 3 is 2.54 bits per heavy atom. The van der Waals surface area contributed by atoms with Crippen molar-refractivity contribution in [1.29, 1.82) is 0 Å². The van der Waals surface area contributed by atoms with Crippen LogP contribution in [0.4, 0.5) is 0 Å². The summed E-state index contributed by atoms with van der Waals surface area (Å²) in [5, 5.41) is 7.54. The van der Waals surface area contributed by atoms with Gasteiger partial charge in [0.15, 0.2) is 5.96 Å². The predicted molar refractivity (Wildman–Crippen MR) is 99.5 cm³/mol. The smallest absolute Gasteiger partial charge is 0.243 e. The van der Waals surface area contributed by atoms with Crippen molar-refractivity contribution in [2.45, 2.75) is 38.1 Å². The topological polar surface area (TPSA) is 56.7 Å². The normalized spacial score (nSPS) is 15.4. The van der Waals surface area contributed by atoms with Crippen molar-refractivity contribution >= 4 is 23.5 Å². The summed E-state index contributed by atoms with van der Waals surface area (Å²) >= 11 is 5.91. The average molecular weight is 351 g/mol. The largest absolute Gasteiger partial charge is 0.356 e. The molecule has 2 rings (SSSR count). The van der Waals surface area contributed by atoms with E-state index in [1.807, 2.05) is 24.3 Å². The lowest BCUT2D eigenvalue weighted by atomic mass is 10.1. The minimum absolute atomic E-state index is 0.000207. The number of likely N-dealkylation sites (N-methyl/N-ethyl adjacent to an activating group) is 1. The highest BCUT2D eigenvalue weighted by Gasteiger charge is 2.16. The lowest BCUT2D eigenvalue weighted by molar-refractivity contribution is -0.127. The summed E-state index contributed by atoms with van der Waals surface area (Å²) < 4.78 is 0. The third-order valence-corrected chi connectivity index (χ3v) is 4.44. The summed E-state index contributed by atoms with van der Waals surface area (Å²) in [7, 11) is 3.49. The molecular weight excluding hydrogens is 324 g/mol. The Bertz CT molecular complexity index is 551. The van der Waals surface area contributed by atoms with E-state index in [4.69, 9.17) is 11.6 Å². The van der Waals surface area contributed by atoms with Crippen LogP contribution in [0.3, 0.4) is 0 Å². The Balaban J connectivity index is 1.87. The van der Waals surface area contributed by atoms with Crippen molar-refractivity contribution in [1.82, 2.24) is 15.5 Å². The monoisotopic (exact) mass is 350 g/mol. The maximum Gasteiger partial charge on any atom is 0.243 e. The summed E-state index contributed by atoms with van der Waals surface area (Å²) in [4.78, 5) is 17.8. The Morgan fingerprint density at radius 2 is 1.92 bits per heavy atom. The Labute approximate surface area is 149 Å². The number of amides is 1. The van der Waals surface area contributed by atoms with Gasteiger partial charge in [-0.05, 0) is 37.0 Å². The number of carbonyl (C=O) groups excluding carboxylic acids is 1. The molecule has 0 radical (unpaired) electrons. The zero-order valence-electron chi connectivity index (χ0n) is 14.5. The highest BCUT2D eigenvalue weighted by molar-refractivity contribution is 6.30. The number of guanidine groups is 1.